The van der Waals surface area contributed by atoms with E-state index in [4.69, 9.17) is 4.74 Å². The lowest BCUT2D eigenvalue weighted by atomic mass is 10.1. The number of ketones is 2. The number of carbonyl (C=O) groups is 4. The number of Topliss-reactive ketones (excluding diaryl/α,β-unsaturated/α-hetero) is 2. The molecule has 1 saturated heterocycles. The number of hydrogen-bond donors (Lipinski definition) is 2. The summed E-state index contributed by atoms with van der Waals surface area (Å²) in [5.41, 5.74) is 6.77. The normalized spacial score (nSPS) is 15.1. The van der Waals surface area contributed by atoms with Crippen molar-refractivity contribution in [2.45, 2.75) is 45.6 Å². The van der Waals surface area contributed by atoms with Gasteiger partial charge in [-0.2, -0.15) is 0 Å². The molecule has 2 N–H and O–H groups in total. The summed E-state index contributed by atoms with van der Waals surface area (Å²) < 4.78 is 7.59. The van der Waals surface area contributed by atoms with E-state index >= 15 is 0 Å². The summed E-state index contributed by atoms with van der Waals surface area (Å²) in [4.78, 5) is 69.4. The average molecular weight is 684 g/mol. The van der Waals surface area contributed by atoms with Crippen LogP contribution in [0, 0.1) is 6.92 Å². The number of nitrogens with one attached hydrogen (secondary N) is 2. The molecule has 12 heteroatoms. The third kappa shape index (κ3) is 6.98. The Morgan fingerprint density at radius 3 is 2.67 bits per heavy atom. The number of rotatable bonds is 11. The van der Waals surface area contributed by atoms with Crippen molar-refractivity contribution in [1.29, 1.82) is 0 Å². The van der Waals surface area contributed by atoms with Gasteiger partial charge in [0.15, 0.2) is 17.4 Å². The van der Waals surface area contributed by atoms with E-state index in [-0.39, 0.29) is 48.1 Å². The summed E-state index contributed by atoms with van der Waals surface area (Å²) in [6.07, 6.45) is 4.91. The second-order valence-corrected chi connectivity index (χ2v) is 13.1. The highest BCUT2D eigenvalue weighted by molar-refractivity contribution is 6.03. The quantitative estimate of drug-likeness (QED) is 0.0958. The van der Waals surface area contributed by atoms with E-state index in [0.717, 1.165) is 39.7 Å². The highest BCUT2D eigenvalue weighted by atomic mass is 16.5. The van der Waals surface area contributed by atoms with Crippen molar-refractivity contribution in [2.24, 2.45) is 12.0 Å². The molecule has 258 valence electrons. The Hall–Kier alpha value is -6.17. The van der Waals surface area contributed by atoms with Crippen molar-refractivity contribution in [2.75, 3.05) is 18.5 Å². The second-order valence-electron chi connectivity index (χ2n) is 13.1. The van der Waals surface area contributed by atoms with E-state index in [1.54, 1.807) is 47.1 Å². The molecular weight excluding hydrogens is 646 g/mol. The average Bonchev–Trinajstić information content (AvgIpc) is 3.79. The molecule has 4 heterocycles. The lowest BCUT2D eigenvalue weighted by Crippen LogP contribution is -2.35. The molecule has 2 aliphatic rings. The molecule has 2 amide bonds. The van der Waals surface area contributed by atoms with Crippen LogP contribution >= 0.6 is 0 Å². The fourth-order valence-corrected chi connectivity index (χ4v) is 6.43. The molecule has 0 aliphatic carbocycles. The van der Waals surface area contributed by atoms with E-state index in [9.17, 15) is 19.2 Å². The van der Waals surface area contributed by atoms with Gasteiger partial charge < -0.3 is 24.5 Å². The Kier molecular flexibility index (Phi) is 8.90. The zero-order valence-electron chi connectivity index (χ0n) is 28.7. The molecule has 1 atom stereocenters. The van der Waals surface area contributed by atoms with Crippen LogP contribution in [-0.2, 0) is 18.3 Å². The van der Waals surface area contributed by atoms with E-state index < -0.39 is 0 Å². The summed E-state index contributed by atoms with van der Waals surface area (Å²) in [5.74, 6) is 1.32. The van der Waals surface area contributed by atoms with Gasteiger partial charge in [0.25, 0.3) is 5.91 Å². The molecule has 7 rings (SSSR count). The molecule has 2 aliphatic heterocycles. The fourth-order valence-electron chi connectivity index (χ4n) is 6.43. The Morgan fingerprint density at radius 1 is 1.08 bits per heavy atom. The number of anilines is 1. The van der Waals surface area contributed by atoms with Gasteiger partial charge in [-0.25, -0.2) is 9.97 Å². The van der Waals surface area contributed by atoms with Gasteiger partial charge in [-0.05, 0) is 62.1 Å². The van der Waals surface area contributed by atoms with E-state index in [1.807, 2.05) is 43.3 Å². The number of nitrogens with zero attached hydrogens (tertiary/aromatic N) is 5. The minimum Gasteiger partial charge on any atom is -0.493 e. The monoisotopic (exact) mass is 683 g/mol. The minimum absolute atomic E-state index is 0.0108. The van der Waals surface area contributed by atoms with Gasteiger partial charge in [-0.3, -0.25) is 24.2 Å². The number of hydrogen-bond acceptors (Lipinski definition) is 8. The summed E-state index contributed by atoms with van der Waals surface area (Å²) in [7, 11) is 1.72. The lowest BCUT2D eigenvalue weighted by molar-refractivity contribution is -0.116. The van der Waals surface area contributed by atoms with Gasteiger partial charge in [0.1, 0.15) is 11.6 Å². The number of H-pyrrole nitrogens is 1. The molecule has 51 heavy (non-hydrogen) atoms. The maximum atomic E-state index is 13.2. The number of aryl methyl sites for hydroxylation is 2. The van der Waals surface area contributed by atoms with Gasteiger partial charge in [0.2, 0.25) is 11.7 Å². The minimum atomic E-state index is -0.245. The number of benzene rings is 3. The maximum absolute atomic E-state index is 13.2. The first-order chi connectivity index (χ1) is 24.5. The third-order valence-corrected chi connectivity index (χ3v) is 9.14. The zero-order chi connectivity index (χ0) is 35.8. The molecule has 0 radical (unpaired) electrons. The van der Waals surface area contributed by atoms with Crippen LogP contribution in [0.5, 0.6) is 5.75 Å². The first-order valence-electron chi connectivity index (χ1n) is 16.8. The van der Waals surface area contributed by atoms with Crippen LogP contribution in [0.2, 0.25) is 0 Å². The summed E-state index contributed by atoms with van der Waals surface area (Å²) in [6.45, 7) is 8.27. The number of ether oxygens (including phenoxy) is 1. The van der Waals surface area contributed by atoms with E-state index in [0.29, 0.717) is 53.8 Å². The number of carbonyl (C=O) groups excluding carboxylic acids is 4. The molecule has 3 aromatic carbocycles. The number of imidazole rings is 2. The van der Waals surface area contributed by atoms with Crippen LogP contribution in [0.3, 0.4) is 0 Å². The summed E-state index contributed by atoms with van der Waals surface area (Å²) in [6, 6.07) is 16.4. The van der Waals surface area contributed by atoms with E-state index in [1.165, 1.54) is 6.92 Å². The molecule has 0 spiro atoms. The highest BCUT2D eigenvalue weighted by Gasteiger charge is 2.33. The lowest BCUT2D eigenvalue weighted by Gasteiger charge is -2.20. The molecule has 0 saturated carbocycles. The predicted molar refractivity (Wildman–Crippen MR) is 194 cm³/mol. The summed E-state index contributed by atoms with van der Waals surface area (Å²) in [5, 5.41) is 2.78. The molecule has 5 aromatic rings. The number of amides is 2. The number of aromatic amines is 1. The number of aromatic nitrogens is 4. The first-order valence-corrected chi connectivity index (χ1v) is 16.8. The van der Waals surface area contributed by atoms with Crippen molar-refractivity contribution >= 4 is 52.1 Å². The van der Waals surface area contributed by atoms with Crippen LogP contribution in [0.15, 0.2) is 77.9 Å². The topological polar surface area (TPSA) is 152 Å². The Morgan fingerprint density at radius 2 is 1.88 bits per heavy atom. The standard InChI is InChI=1S/C39H37N7O5/c1-22-14-28-19-40-31-18-34(23(2)15-29(31)39(50)46(28)20-22)51-13-5-6-36(49)43-35-21-45(4)38(44-35)33(48)16-25-7-9-26(10-8-25)37-41-30-12-11-27(24(3)47)17-32(30)42-37/h7-12,15,17-19,21,28H,1,5-6,13-14,16,20H2,2-4H3,(H,41,42)(H,43,49)/t28-/m0/s1. The predicted octanol–water partition coefficient (Wildman–Crippen LogP) is 6.18. The van der Waals surface area contributed by atoms with Gasteiger partial charge in [0, 0.05) is 56.0 Å². The maximum Gasteiger partial charge on any atom is 0.256 e. The molecular formula is C39H37N7O5. The van der Waals surface area contributed by atoms with Crippen LogP contribution in [0.4, 0.5) is 11.5 Å². The molecule has 2 aromatic heterocycles. The van der Waals surface area contributed by atoms with Crippen LogP contribution < -0.4 is 10.1 Å². The van der Waals surface area contributed by atoms with Crippen LogP contribution in [0.25, 0.3) is 22.4 Å². The largest absolute Gasteiger partial charge is 0.493 e. The molecule has 12 nitrogen and oxygen atoms in total. The van der Waals surface area contributed by atoms with Crippen molar-refractivity contribution < 1.29 is 23.9 Å². The van der Waals surface area contributed by atoms with Gasteiger partial charge in [0.05, 0.1) is 34.9 Å². The SMILES string of the molecule is C=C1C[C@H]2C=Nc3cc(OCCCC(=O)Nc4cn(C)c(C(=O)Cc5ccc(-c6nc7ccc(C(C)=O)cc7[nH]6)cc5)n4)c(C)cc3C(=O)N2C1. The Labute approximate surface area is 294 Å². The third-order valence-electron chi connectivity index (χ3n) is 9.14. The smallest absolute Gasteiger partial charge is 0.256 e. The Bertz CT molecular complexity index is 2260. The number of fused-ring (bicyclic) bond motifs is 3. The Balaban J connectivity index is 0.904. The van der Waals surface area contributed by atoms with Gasteiger partial charge in [-0.1, -0.05) is 36.4 Å². The van der Waals surface area contributed by atoms with Crippen molar-refractivity contribution in [3.8, 4) is 17.1 Å². The van der Waals surface area contributed by atoms with E-state index in [2.05, 4.69) is 31.8 Å². The van der Waals surface area contributed by atoms with Crippen LogP contribution in [-0.4, -0.2) is 73.2 Å². The molecule has 0 unspecified atom stereocenters. The first kappa shape index (κ1) is 33.3. The summed E-state index contributed by atoms with van der Waals surface area (Å²) >= 11 is 0. The van der Waals surface area contributed by atoms with Gasteiger partial charge >= 0.3 is 0 Å². The second kappa shape index (κ2) is 13.6. The van der Waals surface area contributed by atoms with Crippen molar-refractivity contribution in [3.05, 3.63) is 101 Å². The number of aliphatic imine (C=N–C) groups is 1. The van der Waals surface area contributed by atoms with Crippen LogP contribution in [0.1, 0.15) is 68.6 Å². The molecule has 1 fully saturated rings. The van der Waals surface area contributed by atoms with Crippen molar-refractivity contribution in [3.63, 3.8) is 0 Å². The fraction of sp³-hybridized carbons (Fsp3) is 0.256. The van der Waals surface area contributed by atoms with Gasteiger partial charge in [-0.15, -0.1) is 0 Å². The molecule has 0 bridgehead atoms. The van der Waals surface area contributed by atoms with Crippen molar-refractivity contribution in [1.82, 2.24) is 24.4 Å². The zero-order valence-corrected chi connectivity index (χ0v) is 28.7. The highest BCUT2D eigenvalue weighted by Crippen LogP contribution is 2.35.